The van der Waals surface area contributed by atoms with E-state index in [4.69, 9.17) is 15.7 Å². The van der Waals surface area contributed by atoms with Crippen LogP contribution in [0.1, 0.15) is 4.11 Å². The van der Waals surface area contributed by atoms with Crippen LogP contribution in [0.15, 0.2) is 17.3 Å². The van der Waals surface area contributed by atoms with Crippen LogP contribution >= 0.6 is 11.6 Å². The third-order valence-corrected chi connectivity index (χ3v) is 1.93. The molecule has 60 valence electrons. The molecule has 1 aromatic heterocycles. The maximum atomic E-state index is 11.3. The lowest BCUT2D eigenvalue weighted by atomic mass is 10.7. The topological polar surface area (TPSA) is 59.9 Å². The average Bonchev–Trinajstić information content (AvgIpc) is 2.03. The number of hydrogen-bond acceptors (Lipinski definition) is 4. The molecule has 0 unspecified atom stereocenters. The van der Waals surface area contributed by atoms with Crippen molar-refractivity contribution in [2.45, 2.75) is 4.90 Å². The van der Waals surface area contributed by atoms with Crippen molar-refractivity contribution in [3.63, 3.8) is 0 Å². The predicted octanol–water partition coefficient (Wildman–Crippen LogP) is 0.533. The average molecular weight is 196 g/mol. The van der Waals surface area contributed by atoms with Gasteiger partial charge in [0.2, 0.25) is 5.28 Å². The number of hydrogen-bond donors (Lipinski definition) is 0. The highest BCUT2D eigenvalue weighted by molar-refractivity contribution is 7.90. The van der Waals surface area contributed by atoms with Crippen molar-refractivity contribution < 1.29 is 12.5 Å². The van der Waals surface area contributed by atoms with Crippen LogP contribution in [0.25, 0.3) is 0 Å². The number of rotatable bonds is 1. The Labute approximate surface area is 73.4 Å². The van der Waals surface area contributed by atoms with E-state index in [0.717, 1.165) is 12.4 Å². The summed E-state index contributed by atoms with van der Waals surface area (Å²) >= 11 is 5.32. The maximum absolute atomic E-state index is 11.3. The molecule has 0 aliphatic rings. The lowest BCUT2D eigenvalue weighted by molar-refractivity contribution is 0.601. The first kappa shape index (κ1) is 5.05. The Morgan fingerprint density at radius 3 is 2.55 bits per heavy atom. The second-order valence-corrected chi connectivity index (χ2v) is 3.51. The third kappa shape index (κ3) is 2.13. The fraction of sp³-hybridized carbons (Fsp3) is 0.200. The summed E-state index contributed by atoms with van der Waals surface area (Å²) in [6, 6.07) is 0. The summed E-state index contributed by atoms with van der Waals surface area (Å²) in [7, 11) is -4.38. The van der Waals surface area contributed by atoms with Gasteiger partial charge in [-0.05, 0) is 11.6 Å². The van der Waals surface area contributed by atoms with E-state index >= 15 is 0 Å². The molecule has 0 atom stereocenters. The van der Waals surface area contributed by atoms with Gasteiger partial charge in [-0.2, -0.15) is 0 Å². The van der Waals surface area contributed by atoms with Crippen LogP contribution in [0.2, 0.25) is 5.28 Å². The molecule has 0 amide bonds. The summed E-state index contributed by atoms with van der Waals surface area (Å²) < 4.78 is 42.9. The molecule has 1 aromatic rings. The first-order valence-electron chi connectivity index (χ1n) is 3.97. The first-order valence-corrected chi connectivity index (χ1v) is 4.33. The summed E-state index contributed by atoms with van der Waals surface area (Å²) in [6.07, 6.45) is -1.39. The Morgan fingerprint density at radius 2 is 2.09 bits per heavy atom. The Kier molecular flexibility index (Phi) is 1.26. The molecule has 0 spiro atoms. The molecular weight excluding hydrogens is 188 g/mol. The molecule has 6 heteroatoms. The quantitative estimate of drug-likeness (QED) is 0.614. The first-order chi connectivity index (χ1) is 6.25. The number of sulfone groups is 1. The SMILES string of the molecule is [2H]C([2H])([2H])S(=O)(=O)c1cnc(Cl)nc1. The van der Waals surface area contributed by atoms with Crippen LogP contribution in [0.4, 0.5) is 0 Å². The van der Waals surface area contributed by atoms with Gasteiger partial charge in [0.1, 0.15) is 4.90 Å². The van der Waals surface area contributed by atoms with Gasteiger partial charge < -0.3 is 0 Å². The van der Waals surface area contributed by atoms with Gasteiger partial charge in [-0.3, -0.25) is 0 Å². The number of nitrogens with zero attached hydrogens (tertiary/aromatic N) is 2. The van der Waals surface area contributed by atoms with Crippen LogP contribution in [0, 0.1) is 0 Å². The zero-order valence-electron chi connectivity index (χ0n) is 8.15. The molecule has 0 aliphatic carbocycles. The van der Waals surface area contributed by atoms with Crippen molar-refractivity contribution in [1.29, 1.82) is 0 Å². The van der Waals surface area contributed by atoms with E-state index in [1.165, 1.54) is 0 Å². The summed E-state index contributed by atoms with van der Waals surface area (Å²) in [5, 5.41) is -0.144. The third-order valence-electron chi connectivity index (χ3n) is 0.907. The molecule has 1 rings (SSSR count). The van der Waals surface area contributed by atoms with Crippen molar-refractivity contribution in [3.05, 3.63) is 17.7 Å². The fourth-order valence-corrected chi connectivity index (χ4v) is 0.920. The molecule has 0 aromatic carbocycles. The lowest BCUT2D eigenvalue weighted by Crippen LogP contribution is -1.98. The molecule has 0 aliphatic heterocycles. The summed E-state index contributed by atoms with van der Waals surface area (Å²) in [5.74, 6) is 0. The molecule has 0 N–H and O–H groups in total. The highest BCUT2D eigenvalue weighted by atomic mass is 35.5. The van der Waals surface area contributed by atoms with Crippen LogP contribution in [0.3, 0.4) is 0 Å². The van der Waals surface area contributed by atoms with Crippen molar-refractivity contribution in [3.8, 4) is 0 Å². The Bertz CT molecular complexity index is 427. The van der Waals surface area contributed by atoms with E-state index in [2.05, 4.69) is 9.97 Å². The molecule has 0 bridgehead atoms. The van der Waals surface area contributed by atoms with E-state index in [1.54, 1.807) is 0 Å². The van der Waals surface area contributed by atoms with Crippen LogP contribution in [-0.2, 0) is 9.84 Å². The van der Waals surface area contributed by atoms with Gasteiger partial charge in [0, 0.05) is 10.3 Å². The van der Waals surface area contributed by atoms with Gasteiger partial charge in [-0.25, -0.2) is 18.4 Å². The number of aromatic nitrogens is 2. The summed E-state index contributed by atoms with van der Waals surface area (Å²) in [6.45, 7) is 0. The van der Waals surface area contributed by atoms with Crippen molar-refractivity contribution in [2.24, 2.45) is 0 Å². The highest BCUT2D eigenvalue weighted by Crippen LogP contribution is 2.06. The normalized spacial score (nSPS) is 16.6. The van der Waals surface area contributed by atoms with Crippen LogP contribution in [0.5, 0.6) is 0 Å². The van der Waals surface area contributed by atoms with Gasteiger partial charge >= 0.3 is 0 Å². The van der Waals surface area contributed by atoms with Crippen molar-refractivity contribution in [2.75, 3.05) is 6.18 Å². The van der Waals surface area contributed by atoms with Crippen LogP contribution in [-0.4, -0.2) is 24.6 Å². The molecule has 0 radical (unpaired) electrons. The minimum absolute atomic E-state index is 0.144. The summed E-state index contributed by atoms with van der Waals surface area (Å²) in [4.78, 5) is 6.30. The maximum Gasteiger partial charge on any atom is 0.222 e. The zero-order chi connectivity index (χ0) is 11.0. The smallest absolute Gasteiger partial charge is 0.222 e. The van der Waals surface area contributed by atoms with E-state index in [1.807, 2.05) is 0 Å². The monoisotopic (exact) mass is 195 g/mol. The minimum atomic E-state index is -4.38. The minimum Gasteiger partial charge on any atom is -0.225 e. The van der Waals surface area contributed by atoms with Crippen LogP contribution < -0.4 is 0 Å². The number of halogens is 1. The fourth-order valence-electron chi connectivity index (χ4n) is 0.439. The molecule has 0 fully saturated rings. The molecular formula is C5H5ClN2O2S. The Hall–Kier alpha value is -0.680. The van der Waals surface area contributed by atoms with Gasteiger partial charge in [0.05, 0.1) is 12.4 Å². The van der Waals surface area contributed by atoms with Crippen molar-refractivity contribution in [1.82, 2.24) is 9.97 Å². The molecule has 1 heterocycles. The van der Waals surface area contributed by atoms with E-state index in [-0.39, 0.29) is 5.28 Å². The largest absolute Gasteiger partial charge is 0.225 e. The molecule has 0 saturated carbocycles. The predicted molar refractivity (Wildman–Crippen MR) is 40.2 cm³/mol. The molecule has 11 heavy (non-hydrogen) atoms. The molecule has 0 saturated heterocycles. The van der Waals surface area contributed by atoms with E-state index in [9.17, 15) is 8.42 Å². The van der Waals surface area contributed by atoms with E-state index < -0.39 is 20.9 Å². The summed E-state index contributed by atoms with van der Waals surface area (Å²) in [5.41, 5.74) is 0. The second-order valence-electron chi connectivity index (χ2n) is 1.69. The van der Waals surface area contributed by atoms with Gasteiger partial charge in [-0.15, -0.1) is 0 Å². The molecule has 4 nitrogen and oxygen atoms in total. The Balaban J connectivity index is 3.25. The van der Waals surface area contributed by atoms with Gasteiger partial charge in [0.25, 0.3) is 0 Å². The van der Waals surface area contributed by atoms with Gasteiger partial charge in [-0.1, -0.05) is 0 Å². The lowest BCUT2D eigenvalue weighted by Gasteiger charge is -1.94. The zero-order valence-corrected chi connectivity index (χ0v) is 6.72. The Morgan fingerprint density at radius 1 is 1.55 bits per heavy atom. The van der Waals surface area contributed by atoms with Gasteiger partial charge in [0.15, 0.2) is 9.84 Å². The van der Waals surface area contributed by atoms with E-state index in [0.29, 0.717) is 0 Å². The standard InChI is InChI=1S/C5H5ClN2O2S/c1-11(9,10)4-2-7-5(6)8-3-4/h2-3H,1H3/i1D3. The second kappa shape index (κ2) is 2.75. The van der Waals surface area contributed by atoms with Crippen molar-refractivity contribution >= 4 is 21.4 Å². The highest BCUT2D eigenvalue weighted by Gasteiger charge is 2.06.